The molecule has 0 unspecified atom stereocenters. The lowest BCUT2D eigenvalue weighted by Crippen LogP contribution is -2.03. The standard InChI is InChI=1S/C11H7Cl2NO2/c1-16-6-7(5-14)11(15)9-3-2-8(12)4-10(9)13/h2-4,6H,1H3/b7-6+. The number of ketones is 1. The molecule has 0 atom stereocenters. The van der Waals surface area contributed by atoms with Gasteiger partial charge in [-0.05, 0) is 18.2 Å². The molecule has 0 saturated carbocycles. The molecular weight excluding hydrogens is 249 g/mol. The molecule has 0 saturated heterocycles. The van der Waals surface area contributed by atoms with Gasteiger partial charge in [0.25, 0.3) is 0 Å². The number of carbonyl (C=O) groups is 1. The number of benzene rings is 1. The van der Waals surface area contributed by atoms with Crippen LogP contribution in [0, 0.1) is 11.3 Å². The van der Waals surface area contributed by atoms with E-state index in [2.05, 4.69) is 4.74 Å². The van der Waals surface area contributed by atoms with E-state index in [1.807, 2.05) is 0 Å². The molecule has 3 nitrogen and oxygen atoms in total. The SMILES string of the molecule is CO/C=C(\C#N)C(=O)c1ccc(Cl)cc1Cl. The predicted octanol–water partition coefficient (Wildman–Crippen LogP) is 3.23. The number of Topliss-reactive ketones (excluding diaryl/α,β-unsaturated/α-hetero) is 1. The molecule has 0 fully saturated rings. The molecule has 0 aliphatic rings. The number of halogens is 2. The van der Waals surface area contributed by atoms with Gasteiger partial charge in [0.1, 0.15) is 17.9 Å². The molecule has 0 heterocycles. The van der Waals surface area contributed by atoms with Crippen molar-refractivity contribution in [3.63, 3.8) is 0 Å². The van der Waals surface area contributed by atoms with Gasteiger partial charge in [-0.2, -0.15) is 5.26 Å². The van der Waals surface area contributed by atoms with E-state index in [0.717, 1.165) is 6.26 Å². The van der Waals surface area contributed by atoms with E-state index < -0.39 is 5.78 Å². The van der Waals surface area contributed by atoms with E-state index in [1.54, 1.807) is 6.07 Å². The van der Waals surface area contributed by atoms with Crippen LogP contribution in [0.2, 0.25) is 10.0 Å². The summed E-state index contributed by atoms with van der Waals surface area (Å²) in [5.41, 5.74) is 0.0997. The van der Waals surface area contributed by atoms with Crippen molar-refractivity contribution in [2.24, 2.45) is 0 Å². The summed E-state index contributed by atoms with van der Waals surface area (Å²) in [6.45, 7) is 0. The zero-order valence-corrected chi connectivity index (χ0v) is 9.84. The van der Waals surface area contributed by atoms with Crippen LogP contribution in [0.1, 0.15) is 10.4 Å². The Hall–Kier alpha value is -1.50. The zero-order valence-electron chi connectivity index (χ0n) is 8.33. The van der Waals surface area contributed by atoms with E-state index in [0.29, 0.717) is 5.02 Å². The van der Waals surface area contributed by atoms with Gasteiger partial charge in [-0.15, -0.1) is 0 Å². The van der Waals surface area contributed by atoms with E-state index in [9.17, 15) is 4.79 Å². The Morgan fingerprint density at radius 1 is 1.50 bits per heavy atom. The lowest BCUT2D eigenvalue weighted by atomic mass is 10.1. The lowest BCUT2D eigenvalue weighted by Gasteiger charge is -2.02. The number of nitriles is 1. The fourth-order valence-corrected chi connectivity index (χ4v) is 1.56. The van der Waals surface area contributed by atoms with Crippen molar-refractivity contribution in [3.05, 3.63) is 45.6 Å². The topological polar surface area (TPSA) is 50.1 Å². The highest BCUT2D eigenvalue weighted by molar-refractivity contribution is 6.37. The van der Waals surface area contributed by atoms with Crippen molar-refractivity contribution in [1.29, 1.82) is 5.26 Å². The Balaban J connectivity index is 3.15. The first-order valence-electron chi connectivity index (χ1n) is 4.23. The molecule has 1 aromatic carbocycles. The van der Waals surface area contributed by atoms with Crippen LogP contribution in [-0.4, -0.2) is 12.9 Å². The van der Waals surface area contributed by atoms with Crippen LogP contribution in [0.25, 0.3) is 0 Å². The maximum atomic E-state index is 11.8. The van der Waals surface area contributed by atoms with E-state index >= 15 is 0 Å². The van der Waals surface area contributed by atoms with Gasteiger partial charge in [0, 0.05) is 10.6 Å². The van der Waals surface area contributed by atoms with Crippen molar-refractivity contribution in [1.82, 2.24) is 0 Å². The number of ether oxygens (including phenoxy) is 1. The molecule has 82 valence electrons. The Kier molecular flexibility index (Phi) is 4.36. The Bertz CT molecular complexity index is 489. The molecule has 5 heteroatoms. The molecule has 0 aliphatic heterocycles. The second-order valence-corrected chi connectivity index (χ2v) is 3.68. The van der Waals surface area contributed by atoms with Crippen molar-refractivity contribution in [3.8, 4) is 6.07 Å². The maximum Gasteiger partial charge on any atom is 0.208 e. The van der Waals surface area contributed by atoms with Gasteiger partial charge in [0.05, 0.1) is 12.1 Å². The minimum Gasteiger partial charge on any atom is -0.503 e. The Morgan fingerprint density at radius 2 is 2.19 bits per heavy atom. The highest BCUT2D eigenvalue weighted by Crippen LogP contribution is 2.23. The fourth-order valence-electron chi connectivity index (χ4n) is 1.07. The van der Waals surface area contributed by atoms with Gasteiger partial charge >= 0.3 is 0 Å². The molecule has 16 heavy (non-hydrogen) atoms. The van der Waals surface area contributed by atoms with Crippen molar-refractivity contribution in [2.75, 3.05) is 7.11 Å². The smallest absolute Gasteiger partial charge is 0.208 e. The predicted molar refractivity (Wildman–Crippen MR) is 61.5 cm³/mol. The van der Waals surface area contributed by atoms with Gasteiger partial charge in [-0.1, -0.05) is 23.2 Å². The molecule has 0 aliphatic carbocycles. The summed E-state index contributed by atoms with van der Waals surface area (Å²) in [7, 11) is 1.36. The number of nitrogens with zero attached hydrogens (tertiary/aromatic N) is 1. The average Bonchev–Trinajstić information content (AvgIpc) is 2.25. The highest BCUT2D eigenvalue weighted by atomic mass is 35.5. The maximum absolute atomic E-state index is 11.8. The monoisotopic (exact) mass is 255 g/mol. The summed E-state index contributed by atoms with van der Waals surface area (Å²) >= 11 is 11.5. The summed E-state index contributed by atoms with van der Waals surface area (Å²) in [5, 5.41) is 9.38. The highest BCUT2D eigenvalue weighted by Gasteiger charge is 2.15. The zero-order chi connectivity index (χ0) is 12.1. The van der Waals surface area contributed by atoms with Crippen LogP contribution in [0.4, 0.5) is 0 Å². The first-order chi connectivity index (χ1) is 7.60. The van der Waals surface area contributed by atoms with Gasteiger partial charge in [0.15, 0.2) is 0 Å². The third-order valence-corrected chi connectivity index (χ3v) is 2.32. The number of rotatable bonds is 3. The molecule has 0 aromatic heterocycles. The minimum atomic E-state index is -0.494. The van der Waals surface area contributed by atoms with Crippen molar-refractivity contribution >= 4 is 29.0 Å². The molecular formula is C11H7Cl2NO2. The fraction of sp³-hybridized carbons (Fsp3) is 0.0909. The molecule has 0 N–H and O–H groups in total. The summed E-state index contributed by atoms with van der Waals surface area (Å²) in [5.74, 6) is -0.494. The minimum absolute atomic E-state index is 0.119. The largest absolute Gasteiger partial charge is 0.503 e. The average molecular weight is 256 g/mol. The van der Waals surface area contributed by atoms with Crippen LogP contribution in [0.5, 0.6) is 0 Å². The van der Waals surface area contributed by atoms with Crippen molar-refractivity contribution < 1.29 is 9.53 Å². The molecule has 0 spiro atoms. The summed E-state index contributed by atoms with van der Waals surface area (Å²) in [4.78, 5) is 11.8. The van der Waals surface area contributed by atoms with Crippen molar-refractivity contribution in [2.45, 2.75) is 0 Å². The molecule has 1 aromatic rings. The summed E-state index contributed by atoms with van der Waals surface area (Å²) < 4.78 is 4.63. The number of allylic oxidation sites excluding steroid dienone is 1. The second kappa shape index (κ2) is 5.55. The Morgan fingerprint density at radius 3 is 2.69 bits per heavy atom. The van der Waals surface area contributed by atoms with Crippen LogP contribution in [0.3, 0.4) is 0 Å². The number of hydrogen-bond donors (Lipinski definition) is 0. The molecule has 0 radical (unpaired) electrons. The van der Waals surface area contributed by atoms with Gasteiger partial charge in [0.2, 0.25) is 5.78 Å². The van der Waals surface area contributed by atoms with Gasteiger partial charge < -0.3 is 4.74 Å². The third kappa shape index (κ3) is 2.75. The third-order valence-electron chi connectivity index (χ3n) is 1.78. The number of methoxy groups -OCH3 is 1. The van der Waals surface area contributed by atoms with Crippen LogP contribution in [-0.2, 0) is 4.74 Å². The quantitative estimate of drug-likeness (QED) is 0.361. The number of hydrogen-bond acceptors (Lipinski definition) is 3. The van der Waals surface area contributed by atoms with Gasteiger partial charge in [-0.25, -0.2) is 0 Å². The summed E-state index contributed by atoms with van der Waals surface area (Å²) in [6.07, 6.45) is 1.08. The second-order valence-electron chi connectivity index (χ2n) is 2.83. The molecule has 1 rings (SSSR count). The van der Waals surface area contributed by atoms with Crippen LogP contribution >= 0.6 is 23.2 Å². The Labute approximate surface area is 103 Å². The van der Waals surface area contributed by atoms with E-state index in [-0.39, 0.29) is 16.2 Å². The first kappa shape index (κ1) is 12.6. The normalized spacial score (nSPS) is 10.8. The first-order valence-corrected chi connectivity index (χ1v) is 4.98. The molecule has 0 amide bonds. The van der Waals surface area contributed by atoms with E-state index in [4.69, 9.17) is 28.5 Å². The lowest BCUT2D eigenvalue weighted by molar-refractivity contribution is 0.103. The van der Waals surface area contributed by atoms with Gasteiger partial charge in [-0.3, -0.25) is 4.79 Å². The van der Waals surface area contributed by atoms with E-state index in [1.165, 1.54) is 25.3 Å². The summed E-state index contributed by atoms with van der Waals surface area (Å²) in [6, 6.07) is 6.18. The molecule has 0 bridgehead atoms. The number of carbonyl (C=O) groups excluding carboxylic acids is 1. The van der Waals surface area contributed by atoms with Crippen LogP contribution < -0.4 is 0 Å². The van der Waals surface area contributed by atoms with Crippen LogP contribution in [0.15, 0.2) is 30.0 Å².